The molecule has 0 bridgehead atoms. The molecule has 1 aromatic carbocycles. The zero-order valence-electron chi connectivity index (χ0n) is 9.90. The van der Waals surface area contributed by atoms with Gasteiger partial charge >= 0.3 is 5.97 Å². The van der Waals surface area contributed by atoms with Crippen LogP contribution in [0.2, 0.25) is 0 Å². The van der Waals surface area contributed by atoms with Gasteiger partial charge in [-0.3, -0.25) is 4.79 Å². The minimum absolute atomic E-state index is 0.116. The summed E-state index contributed by atoms with van der Waals surface area (Å²) in [5.41, 5.74) is 7.13. The third-order valence-corrected chi connectivity index (χ3v) is 2.91. The number of hydrogen-bond acceptors (Lipinski definition) is 5. The first kappa shape index (κ1) is 11.9. The summed E-state index contributed by atoms with van der Waals surface area (Å²) in [5.74, 6) is 0.581. The monoisotopic (exact) mass is 236 g/mol. The molecular weight excluding hydrogens is 220 g/mol. The second kappa shape index (κ2) is 5.16. The Labute approximate surface area is 100 Å². The number of hydrazine groups is 1. The molecule has 5 nitrogen and oxygen atoms in total. The van der Waals surface area contributed by atoms with Crippen molar-refractivity contribution in [2.24, 2.45) is 0 Å². The van der Waals surface area contributed by atoms with Crippen molar-refractivity contribution in [1.29, 1.82) is 0 Å². The Morgan fingerprint density at radius 2 is 1.94 bits per heavy atom. The maximum Gasteiger partial charge on any atom is 0.324 e. The molecule has 5 heteroatoms. The Morgan fingerprint density at radius 3 is 2.53 bits per heavy atom. The second-order valence-electron chi connectivity index (χ2n) is 3.93. The fraction of sp³-hybridized carbons (Fsp3) is 0.417. The van der Waals surface area contributed by atoms with E-state index in [0.717, 1.165) is 11.3 Å². The van der Waals surface area contributed by atoms with E-state index in [2.05, 4.69) is 10.9 Å². The van der Waals surface area contributed by atoms with Crippen molar-refractivity contribution in [3.63, 3.8) is 0 Å². The normalized spacial score (nSPS) is 23.4. The van der Waals surface area contributed by atoms with Gasteiger partial charge in [0, 0.05) is 6.04 Å². The summed E-state index contributed by atoms with van der Waals surface area (Å²) in [5, 5.41) is 0. The van der Waals surface area contributed by atoms with Gasteiger partial charge in [-0.2, -0.15) is 0 Å². The number of benzene rings is 1. The molecule has 1 aliphatic heterocycles. The van der Waals surface area contributed by atoms with E-state index in [0.29, 0.717) is 6.42 Å². The summed E-state index contributed by atoms with van der Waals surface area (Å²) < 4.78 is 9.79. The highest BCUT2D eigenvalue weighted by atomic mass is 16.5. The van der Waals surface area contributed by atoms with Crippen LogP contribution < -0.4 is 15.6 Å². The predicted molar refractivity (Wildman–Crippen MR) is 62.4 cm³/mol. The number of nitrogens with one attached hydrogen (secondary N) is 2. The molecule has 1 heterocycles. The first-order valence-corrected chi connectivity index (χ1v) is 5.47. The van der Waals surface area contributed by atoms with Gasteiger partial charge in [-0.1, -0.05) is 12.1 Å². The van der Waals surface area contributed by atoms with Gasteiger partial charge in [-0.15, -0.1) is 0 Å². The van der Waals surface area contributed by atoms with Crippen LogP contribution in [0.1, 0.15) is 18.0 Å². The molecule has 0 amide bonds. The van der Waals surface area contributed by atoms with Crippen LogP contribution in [0.15, 0.2) is 24.3 Å². The van der Waals surface area contributed by atoms with E-state index in [1.165, 1.54) is 7.11 Å². The van der Waals surface area contributed by atoms with E-state index in [4.69, 9.17) is 9.47 Å². The van der Waals surface area contributed by atoms with Crippen molar-refractivity contribution in [3.8, 4) is 5.75 Å². The maximum absolute atomic E-state index is 11.3. The quantitative estimate of drug-likeness (QED) is 0.759. The number of ether oxygens (including phenoxy) is 2. The Kier molecular flexibility index (Phi) is 3.61. The molecule has 0 aliphatic carbocycles. The third kappa shape index (κ3) is 2.57. The van der Waals surface area contributed by atoms with Crippen LogP contribution in [0.3, 0.4) is 0 Å². The summed E-state index contributed by atoms with van der Waals surface area (Å²) in [6.07, 6.45) is 0.680. The van der Waals surface area contributed by atoms with Crippen LogP contribution in [-0.4, -0.2) is 26.2 Å². The minimum Gasteiger partial charge on any atom is -0.497 e. The molecule has 1 aliphatic rings. The maximum atomic E-state index is 11.3. The number of esters is 1. The molecule has 0 aromatic heterocycles. The van der Waals surface area contributed by atoms with E-state index < -0.39 is 0 Å². The van der Waals surface area contributed by atoms with E-state index >= 15 is 0 Å². The lowest BCUT2D eigenvalue weighted by Crippen LogP contribution is -2.36. The number of carbonyl (C=O) groups is 1. The Bertz CT molecular complexity index is 391. The van der Waals surface area contributed by atoms with Gasteiger partial charge in [-0.05, 0) is 24.1 Å². The van der Waals surface area contributed by atoms with Crippen molar-refractivity contribution in [3.05, 3.63) is 29.8 Å². The van der Waals surface area contributed by atoms with E-state index in [9.17, 15) is 4.79 Å². The minimum atomic E-state index is -0.285. The van der Waals surface area contributed by atoms with Gasteiger partial charge in [0.1, 0.15) is 11.8 Å². The highest BCUT2D eigenvalue weighted by Gasteiger charge is 2.30. The van der Waals surface area contributed by atoms with Gasteiger partial charge in [0.05, 0.1) is 14.2 Å². The number of carbonyl (C=O) groups excluding carboxylic acids is 1. The molecule has 92 valence electrons. The molecule has 2 rings (SSSR count). The molecule has 1 aromatic rings. The summed E-state index contributed by atoms with van der Waals surface area (Å²) in [6, 6.07) is 7.61. The van der Waals surface area contributed by atoms with Crippen LogP contribution in [0.25, 0.3) is 0 Å². The smallest absolute Gasteiger partial charge is 0.324 e. The molecular formula is C12H16N2O3. The summed E-state index contributed by atoms with van der Waals surface area (Å²) in [7, 11) is 3.03. The highest BCUT2D eigenvalue weighted by Crippen LogP contribution is 2.24. The zero-order valence-corrected chi connectivity index (χ0v) is 9.90. The zero-order chi connectivity index (χ0) is 12.3. The van der Waals surface area contributed by atoms with Gasteiger partial charge in [0.15, 0.2) is 0 Å². The lowest BCUT2D eigenvalue weighted by atomic mass is 10.0. The van der Waals surface area contributed by atoms with Crippen molar-refractivity contribution >= 4 is 5.97 Å². The number of rotatable bonds is 3. The fourth-order valence-corrected chi connectivity index (χ4v) is 1.91. The molecule has 1 fully saturated rings. The average molecular weight is 236 g/mol. The summed E-state index contributed by atoms with van der Waals surface area (Å²) in [6.45, 7) is 0. The van der Waals surface area contributed by atoms with Crippen molar-refractivity contribution in [2.75, 3.05) is 14.2 Å². The van der Waals surface area contributed by atoms with Crippen LogP contribution in [-0.2, 0) is 9.53 Å². The standard InChI is InChI=1S/C12H16N2O3/c1-16-9-5-3-8(4-6-9)10-7-11(14-13-10)12(15)17-2/h3-6,10-11,13-14H,7H2,1-2H3. The molecule has 2 unspecified atom stereocenters. The predicted octanol–water partition coefficient (Wildman–Crippen LogP) is 0.776. The summed E-state index contributed by atoms with van der Waals surface area (Å²) >= 11 is 0. The second-order valence-corrected chi connectivity index (χ2v) is 3.93. The molecule has 0 saturated carbocycles. The van der Waals surface area contributed by atoms with Crippen LogP contribution >= 0.6 is 0 Å². The lowest BCUT2D eigenvalue weighted by Gasteiger charge is -2.10. The fourth-order valence-electron chi connectivity index (χ4n) is 1.91. The first-order chi connectivity index (χ1) is 8.24. The van der Waals surface area contributed by atoms with Crippen molar-refractivity contribution in [2.45, 2.75) is 18.5 Å². The van der Waals surface area contributed by atoms with E-state index in [1.807, 2.05) is 24.3 Å². The molecule has 2 atom stereocenters. The van der Waals surface area contributed by atoms with Crippen LogP contribution in [0.5, 0.6) is 5.75 Å². The molecule has 1 saturated heterocycles. The lowest BCUT2D eigenvalue weighted by molar-refractivity contribution is -0.142. The number of hydrogen-bond donors (Lipinski definition) is 2. The Balaban J connectivity index is 2.02. The molecule has 0 radical (unpaired) electrons. The van der Waals surface area contributed by atoms with Gasteiger partial charge in [0.2, 0.25) is 0 Å². The highest BCUT2D eigenvalue weighted by molar-refractivity contribution is 5.76. The summed E-state index contributed by atoms with van der Waals surface area (Å²) in [4.78, 5) is 11.3. The Morgan fingerprint density at radius 1 is 1.24 bits per heavy atom. The van der Waals surface area contributed by atoms with Gasteiger partial charge in [0.25, 0.3) is 0 Å². The number of methoxy groups -OCH3 is 2. The molecule has 2 N–H and O–H groups in total. The average Bonchev–Trinajstić information content (AvgIpc) is 2.87. The van der Waals surface area contributed by atoms with Crippen LogP contribution in [0, 0.1) is 0 Å². The van der Waals surface area contributed by atoms with E-state index in [-0.39, 0.29) is 18.1 Å². The third-order valence-electron chi connectivity index (χ3n) is 2.91. The van der Waals surface area contributed by atoms with Crippen LogP contribution in [0.4, 0.5) is 0 Å². The Hall–Kier alpha value is -1.59. The largest absolute Gasteiger partial charge is 0.497 e. The van der Waals surface area contributed by atoms with E-state index in [1.54, 1.807) is 7.11 Å². The van der Waals surface area contributed by atoms with Crippen molar-refractivity contribution in [1.82, 2.24) is 10.9 Å². The van der Waals surface area contributed by atoms with Gasteiger partial charge in [-0.25, -0.2) is 10.9 Å². The van der Waals surface area contributed by atoms with Gasteiger partial charge < -0.3 is 9.47 Å². The SMILES string of the molecule is COC(=O)C1CC(c2ccc(OC)cc2)NN1. The molecule has 17 heavy (non-hydrogen) atoms. The first-order valence-electron chi connectivity index (χ1n) is 5.47. The van der Waals surface area contributed by atoms with Crippen molar-refractivity contribution < 1.29 is 14.3 Å². The topological polar surface area (TPSA) is 59.6 Å². The molecule has 0 spiro atoms.